The number of likely N-dealkylation sites (N-methyl/N-ethyl adjacent to an activating group) is 1. The lowest BCUT2D eigenvalue weighted by atomic mass is 10.1. The fourth-order valence-corrected chi connectivity index (χ4v) is 4.12. The molecule has 2 N–H and O–H groups in total. The number of guanidine groups is 1. The summed E-state index contributed by atoms with van der Waals surface area (Å²) >= 11 is 0. The highest BCUT2D eigenvalue weighted by atomic mass is 16.2. The van der Waals surface area contributed by atoms with E-state index in [4.69, 9.17) is 0 Å². The van der Waals surface area contributed by atoms with Crippen LogP contribution in [0.2, 0.25) is 0 Å². The molecule has 25 heavy (non-hydrogen) atoms. The van der Waals surface area contributed by atoms with Crippen LogP contribution in [0, 0.1) is 5.92 Å². The van der Waals surface area contributed by atoms with Gasteiger partial charge in [0.15, 0.2) is 5.96 Å². The van der Waals surface area contributed by atoms with Gasteiger partial charge in [-0.1, -0.05) is 26.7 Å². The van der Waals surface area contributed by atoms with Crippen LogP contribution in [0.1, 0.15) is 52.9 Å². The molecule has 0 bridgehead atoms. The number of hydrogen-bond acceptors (Lipinski definition) is 3. The first kappa shape index (κ1) is 20.0. The number of nitrogens with one attached hydrogen (secondary N) is 2. The molecule has 6 nitrogen and oxygen atoms in total. The number of likely N-dealkylation sites (tertiary alicyclic amines) is 1. The van der Waals surface area contributed by atoms with Crippen LogP contribution in [-0.4, -0.2) is 73.5 Å². The van der Waals surface area contributed by atoms with Crippen molar-refractivity contribution in [3.63, 3.8) is 0 Å². The molecule has 6 heteroatoms. The maximum absolute atomic E-state index is 12.6. The molecule has 2 atom stereocenters. The Bertz CT molecular complexity index is 443. The summed E-state index contributed by atoms with van der Waals surface area (Å²) in [6.45, 7) is 11.3. The summed E-state index contributed by atoms with van der Waals surface area (Å²) in [5.74, 6) is 1.50. The predicted molar refractivity (Wildman–Crippen MR) is 104 cm³/mol. The van der Waals surface area contributed by atoms with Gasteiger partial charge in [-0.2, -0.15) is 0 Å². The van der Waals surface area contributed by atoms with E-state index in [0.29, 0.717) is 18.0 Å². The first-order valence-corrected chi connectivity index (χ1v) is 10.1. The summed E-state index contributed by atoms with van der Waals surface area (Å²) in [6, 6.07) is 0.776. The van der Waals surface area contributed by atoms with Crippen molar-refractivity contribution in [2.24, 2.45) is 10.9 Å². The topological polar surface area (TPSA) is 60.0 Å². The van der Waals surface area contributed by atoms with Crippen LogP contribution < -0.4 is 10.6 Å². The SMILES string of the molecule is CCN(CC)C(C)CNC(=NC)NC1CCN(C(=O)C2CCCC2)C1. The fourth-order valence-electron chi connectivity index (χ4n) is 4.12. The van der Waals surface area contributed by atoms with Gasteiger partial charge < -0.3 is 15.5 Å². The van der Waals surface area contributed by atoms with E-state index in [-0.39, 0.29) is 5.92 Å². The van der Waals surface area contributed by atoms with Gasteiger partial charge in [-0.15, -0.1) is 0 Å². The zero-order valence-electron chi connectivity index (χ0n) is 16.6. The lowest BCUT2D eigenvalue weighted by molar-refractivity contribution is -0.134. The van der Waals surface area contributed by atoms with Gasteiger partial charge in [0.2, 0.25) is 5.91 Å². The summed E-state index contributed by atoms with van der Waals surface area (Å²) in [5, 5.41) is 6.94. The van der Waals surface area contributed by atoms with Crippen molar-refractivity contribution < 1.29 is 4.79 Å². The first-order valence-electron chi connectivity index (χ1n) is 10.1. The Hall–Kier alpha value is -1.30. The second-order valence-electron chi connectivity index (χ2n) is 7.42. The van der Waals surface area contributed by atoms with Crippen LogP contribution in [0.15, 0.2) is 4.99 Å². The van der Waals surface area contributed by atoms with E-state index >= 15 is 0 Å². The minimum Gasteiger partial charge on any atom is -0.355 e. The summed E-state index contributed by atoms with van der Waals surface area (Å²) in [5.41, 5.74) is 0. The zero-order valence-corrected chi connectivity index (χ0v) is 16.6. The third-order valence-corrected chi connectivity index (χ3v) is 5.77. The van der Waals surface area contributed by atoms with Crippen molar-refractivity contribution in [2.45, 2.75) is 65.0 Å². The van der Waals surface area contributed by atoms with Crippen molar-refractivity contribution in [1.29, 1.82) is 0 Å². The van der Waals surface area contributed by atoms with Crippen LogP contribution >= 0.6 is 0 Å². The number of carbonyl (C=O) groups excluding carboxylic acids is 1. The van der Waals surface area contributed by atoms with Gasteiger partial charge in [-0.05, 0) is 39.3 Å². The monoisotopic (exact) mass is 351 g/mol. The Kier molecular flexibility index (Phi) is 8.00. The third kappa shape index (κ3) is 5.59. The van der Waals surface area contributed by atoms with E-state index in [1.54, 1.807) is 0 Å². The average molecular weight is 352 g/mol. The van der Waals surface area contributed by atoms with Crippen LogP contribution in [-0.2, 0) is 4.79 Å². The van der Waals surface area contributed by atoms with E-state index in [1.165, 1.54) is 12.8 Å². The summed E-state index contributed by atoms with van der Waals surface area (Å²) < 4.78 is 0. The second kappa shape index (κ2) is 10.00. The van der Waals surface area contributed by atoms with Gasteiger partial charge in [-0.3, -0.25) is 14.7 Å². The second-order valence-corrected chi connectivity index (χ2v) is 7.42. The van der Waals surface area contributed by atoms with Gasteiger partial charge >= 0.3 is 0 Å². The number of amides is 1. The molecule has 0 aromatic rings. The molecule has 0 spiro atoms. The lowest BCUT2D eigenvalue weighted by Gasteiger charge is -2.27. The summed E-state index contributed by atoms with van der Waals surface area (Å²) in [7, 11) is 1.81. The van der Waals surface area contributed by atoms with Gasteiger partial charge in [0, 0.05) is 44.7 Å². The normalized spacial score (nSPS) is 23.3. The molecule has 2 aliphatic rings. The molecular weight excluding hydrogens is 314 g/mol. The molecule has 1 heterocycles. The van der Waals surface area contributed by atoms with Crippen LogP contribution in [0.3, 0.4) is 0 Å². The molecule has 0 radical (unpaired) electrons. The molecule has 2 fully saturated rings. The van der Waals surface area contributed by atoms with Crippen LogP contribution in [0.4, 0.5) is 0 Å². The molecule has 144 valence electrons. The number of rotatable bonds is 7. The predicted octanol–water partition coefficient (Wildman–Crippen LogP) is 1.67. The van der Waals surface area contributed by atoms with Gasteiger partial charge in [0.05, 0.1) is 0 Å². The molecule has 2 unspecified atom stereocenters. The number of aliphatic imine (C=N–C) groups is 1. The fraction of sp³-hybridized carbons (Fsp3) is 0.895. The van der Waals surface area contributed by atoms with Crippen molar-refractivity contribution in [1.82, 2.24) is 20.4 Å². The number of carbonyl (C=O) groups is 1. The number of nitrogens with zero attached hydrogens (tertiary/aromatic N) is 3. The van der Waals surface area contributed by atoms with Crippen molar-refractivity contribution in [3.8, 4) is 0 Å². The zero-order chi connectivity index (χ0) is 18.2. The lowest BCUT2D eigenvalue weighted by Crippen LogP contribution is -2.49. The quantitative estimate of drug-likeness (QED) is 0.541. The first-order chi connectivity index (χ1) is 12.1. The van der Waals surface area contributed by atoms with Crippen molar-refractivity contribution in [2.75, 3.05) is 39.8 Å². The van der Waals surface area contributed by atoms with Crippen molar-refractivity contribution in [3.05, 3.63) is 0 Å². The van der Waals surface area contributed by atoms with E-state index < -0.39 is 0 Å². The highest BCUT2D eigenvalue weighted by molar-refractivity contribution is 5.81. The van der Waals surface area contributed by atoms with Gasteiger partial charge in [0.25, 0.3) is 0 Å². The average Bonchev–Trinajstić information content (AvgIpc) is 3.31. The molecule has 2 rings (SSSR count). The van der Waals surface area contributed by atoms with E-state index in [9.17, 15) is 4.79 Å². The minimum atomic E-state index is 0.283. The highest BCUT2D eigenvalue weighted by Crippen LogP contribution is 2.27. The third-order valence-electron chi connectivity index (χ3n) is 5.77. The Morgan fingerprint density at radius 2 is 1.92 bits per heavy atom. The molecule has 1 aliphatic heterocycles. The molecule has 1 saturated carbocycles. The minimum absolute atomic E-state index is 0.283. The molecular formula is C19H37N5O. The molecule has 1 amide bonds. The maximum Gasteiger partial charge on any atom is 0.225 e. The Morgan fingerprint density at radius 1 is 1.24 bits per heavy atom. The van der Waals surface area contributed by atoms with Crippen molar-refractivity contribution >= 4 is 11.9 Å². The molecule has 1 saturated heterocycles. The highest BCUT2D eigenvalue weighted by Gasteiger charge is 2.32. The number of hydrogen-bond donors (Lipinski definition) is 2. The standard InChI is InChI=1S/C19H37N5O/c1-5-23(6-2)15(3)13-21-19(20-4)22-17-11-12-24(14-17)18(25)16-9-7-8-10-16/h15-17H,5-14H2,1-4H3,(H2,20,21,22). The van der Waals surface area contributed by atoms with E-state index in [1.807, 2.05) is 7.05 Å². The largest absolute Gasteiger partial charge is 0.355 e. The van der Waals surface area contributed by atoms with Gasteiger partial charge in [0.1, 0.15) is 0 Å². The maximum atomic E-state index is 12.6. The summed E-state index contributed by atoms with van der Waals surface area (Å²) in [4.78, 5) is 21.4. The van der Waals surface area contributed by atoms with Gasteiger partial charge in [-0.25, -0.2) is 0 Å². The molecule has 1 aliphatic carbocycles. The van der Waals surface area contributed by atoms with Crippen LogP contribution in [0.5, 0.6) is 0 Å². The molecule has 0 aromatic heterocycles. The Balaban J connectivity index is 1.75. The Labute approximate surface area is 153 Å². The Morgan fingerprint density at radius 3 is 2.52 bits per heavy atom. The molecule has 0 aromatic carbocycles. The van der Waals surface area contributed by atoms with E-state index in [0.717, 1.165) is 57.9 Å². The van der Waals surface area contributed by atoms with E-state index in [2.05, 4.69) is 46.2 Å². The smallest absolute Gasteiger partial charge is 0.225 e. The summed E-state index contributed by atoms with van der Waals surface area (Å²) in [6.07, 6.45) is 5.60. The van der Waals surface area contributed by atoms with Crippen LogP contribution in [0.25, 0.3) is 0 Å².